The number of carbonyl (C=O) groups excluding carboxylic acids is 1. The summed E-state index contributed by atoms with van der Waals surface area (Å²) in [6.45, 7) is 0. The number of hydrogen-bond acceptors (Lipinski definition) is 3. The van der Waals surface area contributed by atoms with Gasteiger partial charge in [-0.15, -0.1) is 0 Å². The highest BCUT2D eigenvalue weighted by Gasteiger charge is 2.10. The molecule has 2 aromatic rings. The average Bonchev–Trinajstić information content (AvgIpc) is 2.26. The summed E-state index contributed by atoms with van der Waals surface area (Å²) in [4.78, 5) is 10.3. The zero-order chi connectivity index (χ0) is 10.8. The van der Waals surface area contributed by atoms with Gasteiger partial charge in [0.15, 0.2) is 11.5 Å². The van der Waals surface area contributed by atoms with Crippen molar-refractivity contribution in [1.82, 2.24) is 0 Å². The molecule has 0 spiro atoms. The van der Waals surface area contributed by atoms with E-state index in [2.05, 4.69) is 5.32 Å². The van der Waals surface area contributed by atoms with Gasteiger partial charge < -0.3 is 15.5 Å². The van der Waals surface area contributed by atoms with Crippen molar-refractivity contribution in [1.29, 1.82) is 0 Å². The standard InChI is InChI=1S/C11H9NO3/c13-6-12-9-5-7-3-1-2-4-8(7)10(14)11(9)15/h1-6,14-15H,(H,12,13). The molecule has 0 aromatic heterocycles. The molecule has 15 heavy (non-hydrogen) atoms. The molecular weight excluding hydrogens is 194 g/mol. The van der Waals surface area contributed by atoms with Crippen molar-refractivity contribution in [2.45, 2.75) is 0 Å². The highest BCUT2D eigenvalue weighted by Crippen LogP contribution is 2.39. The van der Waals surface area contributed by atoms with Crippen LogP contribution < -0.4 is 5.32 Å². The monoisotopic (exact) mass is 203 g/mol. The number of rotatable bonds is 2. The van der Waals surface area contributed by atoms with Crippen molar-refractivity contribution >= 4 is 22.9 Å². The van der Waals surface area contributed by atoms with Gasteiger partial charge in [0, 0.05) is 5.39 Å². The van der Waals surface area contributed by atoms with E-state index in [1.54, 1.807) is 24.3 Å². The van der Waals surface area contributed by atoms with Gasteiger partial charge in [-0.05, 0) is 11.5 Å². The lowest BCUT2D eigenvalue weighted by Gasteiger charge is -2.08. The number of nitrogens with one attached hydrogen (secondary N) is 1. The van der Waals surface area contributed by atoms with E-state index in [0.717, 1.165) is 5.39 Å². The largest absolute Gasteiger partial charge is 0.504 e. The third-order valence-corrected chi connectivity index (χ3v) is 2.21. The van der Waals surface area contributed by atoms with Crippen LogP contribution in [0.3, 0.4) is 0 Å². The molecule has 2 aromatic carbocycles. The van der Waals surface area contributed by atoms with E-state index in [1.165, 1.54) is 0 Å². The van der Waals surface area contributed by atoms with Crippen molar-refractivity contribution in [3.8, 4) is 11.5 Å². The summed E-state index contributed by atoms with van der Waals surface area (Å²) in [5.41, 5.74) is 0.196. The molecule has 0 fully saturated rings. The van der Waals surface area contributed by atoms with E-state index in [9.17, 15) is 15.0 Å². The van der Waals surface area contributed by atoms with E-state index in [0.29, 0.717) is 11.8 Å². The second kappa shape index (κ2) is 3.49. The zero-order valence-electron chi connectivity index (χ0n) is 7.77. The molecule has 0 atom stereocenters. The van der Waals surface area contributed by atoms with Gasteiger partial charge in [-0.25, -0.2) is 0 Å². The Kier molecular flexibility index (Phi) is 2.17. The van der Waals surface area contributed by atoms with Gasteiger partial charge in [-0.1, -0.05) is 24.3 Å². The molecule has 0 bridgehead atoms. The van der Waals surface area contributed by atoms with E-state index < -0.39 is 0 Å². The van der Waals surface area contributed by atoms with Gasteiger partial charge in [-0.2, -0.15) is 0 Å². The predicted molar refractivity (Wildman–Crippen MR) is 57.0 cm³/mol. The number of aromatic hydroxyl groups is 2. The molecule has 0 aliphatic heterocycles. The van der Waals surface area contributed by atoms with Crippen LogP contribution >= 0.6 is 0 Å². The molecule has 76 valence electrons. The molecule has 4 nitrogen and oxygen atoms in total. The van der Waals surface area contributed by atoms with Crippen LogP contribution in [0.25, 0.3) is 10.8 Å². The fraction of sp³-hybridized carbons (Fsp3) is 0. The fourth-order valence-electron chi connectivity index (χ4n) is 1.49. The Morgan fingerprint density at radius 2 is 1.87 bits per heavy atom. The number of phenols is 2. The van der Waals surface area contributed by atoms with Gasteiger partial charge >= 0.3 is 0 Å². The summed E-state index contributed by atoms with van der Waals surface area (Å²) >= 11 is 0. The average molecular weight is 203 g/mol. The molecule has 0 aliphatic carbocycles. The van der Waals surface area contributed by atoms with Crippen molar-refractivity contribution in [3.63, 3.8) is 0 Å². The van der Waals surface area contributed by atoms with Gasteiger partial charge in [0.25, 0.3) is 0 Å². The first-order valence-electron chi connectivity index (χ1n) is 4.38. The molecule has 0 saturated carbocycles. The number of benzene rings is 2. The Balaban J connectivity index is 2.76. The van der Waals surface area contributed by atoms with Crippen LogP contribution in [-0.2, 0) is 4.79 Å². The lowest BCUT2D eigenvalue weighted by molar-refractivity contribution is -0.105. The van der Waals surface area contributed by atoms with Crippen LogP contribution in [-0.4, -0.2) is 16.6 Å². The molecule has 4 heteroatoms. The van der Waals surface area contributed by atoms with Gasteiger partial charge in [-0.3, -0.25) is 4.79 Å². The Morgan fingerprint density at radius 3 is 2.60 bits per heavy atom. The van der Waals surface area contributed by atoms with Crippen LogP contribution in [0.5, 0.6) is 11.5 Å². The maximum Gasteiger partial charge on any atom is 0.211 e. The SMILES string of the molecule is O=CNc1cc2ccccc2c(O)c1O. The highest BCUT2D eigenvalue weighted by atomic mass is 16.3. The van der Waals surface area contributed by atoms with Gasteiger partial charge in [0.05, 0.1) is 5.69 Å². The third kappa shape index (κ3) is 1.46. The van der Waals surface area contributed by atoms with Gasteiger partial charge in [0.1, 0.15) is 0 Å². The Hall–Kier alpha value is -2.23. The molecule has 2 rings (SSSR count). The quantitative estimate of drug-likeness (QED) is 0.515. The summed E-state index contributed by atoms with van der Waals surface area (Å²) < 4.78 is 0. The highest BCUT2D eigenvalue weighted by molar-refractivity contribution is 5.96. The zero-order valence-corrected chi connectivity index (χ0v) is 7.77. The molecule has 1 amide bonds. The first-order chi connectivity index (χ1) is 7.24. The summed E-state index contributed by atoms with van der Waals surface area (Å²) in [6, 6.07) is 8.64. The fourth-order valence-corrected chi connectivity index (χ4v) is 1.49. The second-order valence-corrected chi connectivity index (χ2v) is 3.10. The lowest BCUT2D eigenvalue weighted by atomic mass is 10.1. The molecule has 0 saturated heterocycles. The van der Waals surface area contributed by atoms with Crippen LogP contribution in [0.1, 0.15) is 0 Å². The number of anilines is 1. The summed E-state index contributed by atoms with van der Waals surface area (Å²) in [5, 5.41) is 22.8. The molecule has 0 unspecified atom stereocenters. The number of amides is 1. The van der Waals surface area contributed by atoms with Crippen LogP contribution in [0.2, 0.25) is 0 Å². The maximum atomic E-state index is 10.3. The van der Waals surface area contributed by atoms with Crippen molar-refractivity contribution < 1.29 is 15.0 Å². The van der Waals surface area contributed by atoms with Crippen LogP contribution in [0.4, 0.5) is 5.69 Å². The normalized spacial score (nSPS) is 10.1. The summed E-state index contributed by atoms with van der Waals surface area (Å²) in [6.07, 6.45) is 0.448. The smallest absolute Gasteiger partial charge is 0.211 e. The molecule has 0 radical (unpaired) electrons. The van der Waals surface area contributed by atoms with Gasteiger partial charge in [0.2, 0.25) is 6.41 Å². The Bertz CT molecular complexity index is 522. The van der Waals surface area contributed by atoms with Crippen molar-refractivity contribution in [3.05, 3.63) is 30.3 Å². The first-order valence-corrected chi connectivity index (χ1v) is 4.38. The van der Waals surface area contributed by atoms with E-state index >= 15 is 0 Å². The van der Waals surface area contributed by atoms with E-state index in [1.807, 2.05) is 6.07 Å². The minimum Gasteiger partial charge on any atom is -0.504 e. The molecule has 0 heterocycles. The third-order valence-electron chi connectivity index (χ3n) is 2.21. The number of hydrogen-bond donors (Lipinski definition) is 3. The van der Waals surface area contributed by atoms with Crippen molar-refractivity contribution in [2.75, 3.05) is 5.32 Å². The maximum absolute atomic E-state index is 10.3. The predicted octanol–water partition coefficient (Wildman–Crippen LogP) is 1.82. The molecule has 3 N–H and O–H groups in total. The number of carbonyl (C=O) groups is 1. The number of phenolic OH excluding ortho intramolecular Hbond substituents is 2. The van der Waals surface area contributed by atoms with E-state index in [4.69, 9.17) is 0 Å². The topological polar surface area (TPSA) is 69.6 Å². The second-order valence-electron chi connectivity index (χ2n) is 3.10. The summed E-state index contributed by atoms with van der Waals surface area (Å²) in [5.74, 6) is -0.543. The number of fused-ring (bicyclic) bond motifs is 1. The summed E-state index contributed by atoms with van der Waals surface area (Å²) in [7, 11) is 0. The Morgan fingerprint density at radius 1 is 1.13 bits per heavy atom. The van der Waals surface area contributed by atoms with Crippen molar-refractivity contribution in [2.24, 2.45) is 0 Å². The Labute approximate surface area is 85.8 Å². The first kappa shape index (κ1) is 9.33. The lowest BCUT2D eigenvalue weighted by Crippen LogP contribution is -1.94. The van der Waals surface area contributed by atoms with Crippen LogP contribution in [0, 0.1) is 0 Å². The van der Waals surface area contributed by atoms with E-state index in [-0.39, 0.29) is 17.2 Å². The minimum atomic E-state index is -0.319. The molecular formula is C11H9NO3. The molecule has 0 aliphatic rings. The minimum absolute atomic E-state index is 0.196. The van der Waals surface area contributed by atoms with Crippen LogP contribution in [0.15, 0.2) is 30.3 Å².